The lowest BCUT2D eigenvalue weighted by molar-refractivity contribution is 0.180. The monoisotopic (exact) mass is 357 g/mol. The lowest BCUT2D eigenvalue weighted by Gasteiger charge is -2.04. The van der Waals surface area contributed by atoms with E-state index < -0.39 is 0 Å². The maximum atomic E-state index is 9.17. The zero-order valence-corrected chi connectivity index (χ0v) is 18.5. The molecule has 154 valence electrons. The number of hydrogen-bond donors (Lipinski definition) is 1. The minimum Gasteiger partial charge on any atom is -0.393 e. The molecule has 0 amide bonds. The van der Waals surface area contributed by atoms with E-state index in [2.05, 4.69) is 6.92 Å². The molecule has 1 N–H and O–H groups in total. The normalized spacial score (nSPS) is 12.1. The molecule has 25 heavy (non-hydrogen) atoms. The summed E-state index contributed by atoms with van der Waals surface area (Å²) in [6, 6.07) is 0. The Morgan fingerprint density at radius 2 is 0.800 bits per heavy atom. The van der Waals surface area contributed by atoms with E-state index in [9.17, 15) is 0 Å². The third kappa shape index (κ3) is 35.8. The summed E-state index contributed by atoms with van der Waals surface area (Å²) in [6.07, 6.45) is 23.5. The lowest BCUT2D eigenvalue weighted by atomic mass is 10.0. The highest BCUT2D eigenvalue weighted by atomic mass is 16.3. The molecule has 0 aromatic heterocycles. The molecule has 0 aliphatic carbocycles. The van der Waals surface area contributed by atoms with E-state index in [1.165, 1.54) is 103 Å². The quantitative estimate of drug-likeness (QED) is 0.278. The van der Waals surface area contributed by atoms with Crippen LogP contribution in [0.3, 0.4) is 0 Å². The van der Waals surface area contributed by atoms with Gasteiger partial charge in [0.1, 0.15) is 0 Å². The van der Waals surface area contributed by atoms with Crippen LogP contribution in [0.5, 0.6) is 0 Å². The average molecular weight is 358 g/mol. The summed E-state index contributed by atoms with van der Waals surface area (Å²) in [4.78, 5) is 2.00. The van der Waals surface area contributed by atoms with E-state index in [-0.39, 0.29) is 6.10 Å². The minimum absolute atomic E-state index is 0.100. The third-order valence-corrected chi connectivity index (χ3v) is 4.48. The Morgan fingerprint density at radius 3 is 1.04 bits per heavy atom. The van der Waals surface area contributed by atoms with Gasteiger partial charge in [-0.15, -0.1) is 0 Å². The summed E-state index contributed by atoms with van der Waals surface area (Å²) < 4.78 is 0. The van der Waals surface area contributed by atoms with Crippen LogP contribution in [0.2, 0.25) is 0 Å². The van der Waals surface area contributed by atoms with Gasteiger partial charge in [0.25, 0.3) is 0 Å². The lowest BCUT2D eigenvalue weighted by Crippen LogP contribution is -1.99. The van der Waals surface area contributed by atoms with Crippen molar-refractivity contribution in [3.05, 3.63) is 0 Å². The second kappa shape index (κ2) is 23.9. The van der Waals surface area contributed by atoms with Crippen LogP contribution >= 0.6 is 0 Å². The van der Waals surface area contributed by atoms with Crippen molar-refractivity contribution in [1.82, 2.24) is 4.90 Å². The summed E-state index contributed by atoms with van der Waals surface area (Å²) in [5, 5.41) is 9.17. The molecule has 0 saturated carbocycles. The smallest absolute Gasteiger partial charge is 0.0512 e. The van der Waals surface area contributed by atoms with Crippen LogP contribution in [-0.4, -0.2) is 37.3 Å². The molecule has 0 bridgehead atoms. The fourth-order valence-corrected chi connectivity index (χ4v) is 2.99. The van der Waals surface area contributed by atoms with E-state index in [1.807, 2.05) is 33.0 Å². The first kappa shape index (κ1) is 27.1. The SMILES string of the molecule is CCCCCCCCCCCCCCCCCCC(C)O.CN(C)C. The maximum absolute atomic E-state index is 9.17. The summed E-state index contributed by atoms with van der Waals surface area (Å²) >= 11 is 0. The van der Waals surface area contributed by atoms with Crippen LogP contribution < -0.4 is 0 Å². The molecule has 0 aromatic carbocycles. The molecule has 0 saturated heterocycles. The minimum atomic E-state index is -0.100. The Kier molecular flexibility index (Phi) is 26.0. The Morgan fingerprint density at radius 1 is 0.560 bits per heavy atom. The van der Waals surface area contributed by atoms with E-state index >= 15 is 0 Å². The molecule has 0 aromatic rings. The highest BCUT2D eigenvalue weighted by Crippen LogP contribution is 2.14. The van der Waals surface area contributed by atoms with Crippen LogP contribution in [0.1, 0.15) is 123 Å². The van der Waals surface area contributed by atoms with Crippen molar-refractivity contribution < 1.29 is 5.11 Å². The first-order valence-corrected chi connectivity index (χ1v) is 11.3. The van der Waals surface area contributed by atoms with E-state index in [0.717, 1.165) is 6.42 Å². The number of nitrogens with zero attached hydrogens (tertiary/aromatic N) is 1. The molecule has 1 unspecified atom stereocenters. The number of hydrogen-bond acceptors (Lipinski definition) is 2. The molecule has 0 spiro atoms. The summed E-state index contributed by atoms with van der Waals surface area (Å²) in [6.45, 7) is 4.18. The number of rotatable bonds is 17. The van der Waals surface area contributed by atoms with Crippen molar-refractivity contribution in [3.63, 3.8) is 0 Å². The van der Waals surface area contributed by atoms with Crippen LogP contribution in [0.4, 0.5) is 0 Å². The van der Waals surface area contributed by atoms with Gasteiger partial charge >= 0.3 is 0 Å². The van der Waals surface area contributed by atoms with E-state index in [0.29, 0.717) is 0 Å². The van der Waals surface area contributed by atoms with Gasteiger partial charge < -0.3 is 10.0 Å². The van der Waals surface area contributed by atoms with Gasteiger partial charge in [-0.2, -0.15) is 0 Å². The second-order valence-corrected chi connectivity index (χ2v) is 8.28. The van der Waals surface area contributed by atoms with Crippen molar-refractivity contribution in [2.75, 3.05) is 21.1 Å². The van der Waals surface area contributed by atoms with Crippen molar-refractivity contribution in [3.8, 4) is 0 Å². The number of aliphatic hydroxyl groups excluding tert-OH is 1. The Hall–Kier alpha value is -0.0800. The maximum Gasteiger partial charge on any atom is 0.0512 e. The molecule has 0 rings (SSSR count). The fraction of sp³-hybridized carbons (Fsp3) is 1.00. The average Bonchev–Trinajstić information content (AvgIpc) is 2.53. The molecular formula is C23H51NO. The zero-order chi connectivity index (χ0) is 19.2. The summed E-state index contributed by atoms with van der Waals surface area (Å²) in [5.74, 6) is 0. The van der Waals surface area contributed by atoms with Crippen LogP contribution in [0.15, 0.2) is 0 Å². The van der Waals surface area contributed by atoms with Gasteiger partial charge in [-0.3, -0.25) is 0 Å². The predicted octanol–water partition coefficient (Wildman–Crippen LogP) is 7.20. The Balaban J connectivity index is 0. The van der Waals surface area contributed by atoms with Crippen molar-refractivity contribution >= 4 is 0 Å². The topological polar surface area (TPSA) is 23.5 Å². The fourth-order valence-electron chi connectivity index (χ4n) is 2.99. The molecule has 0 fully saturated rings. The van der Waals surface area contributed by atoms with E-state index in [1.54, 1.807) is 0 Å². The third-order valence-electron chi connectivity index (χ3n) is 4.48. The molecule has 0 radical (unpaired) electrons. The van der Waals surface area contributed by atoms with Crippen molar-refractivity contribution in [2.45, 2.75) is 129 Å². The van der Waals surface area contributed by atoms with Gasteiger partial charge in [0.2, 0.25) is 0 Å². The Labute approximate surface area is 160 Å². The van der Waals surface area contributed by atoms with Gasteiger partial charge in [0.15, 0.2) is 0 Å². The molecule has 0 aliphatic heterocycles. The summed E-state index contributed by atoms with van der Waals surface area (Å²) in [5.41, 5.74) is 0. The second-order valence-electron chi connectivity index (χ2n) is 8.28. The largest absolute Gasteiger partial charge is 0.393 e. The first-order chi connectivity index (χ1) is 12.0. The highest BCUT2D eigenvalue weighted by Gasteiger charge is 1.96. The van der Waals surface area contributed by atoms with E-state index in [4.69, 9.17) is 5.11 Å². The molecular weight excluding hydrogens is 306 g/mol. The summed E-state index contributed by atoms with van der Waals surface area (Å²) in [7, 11) is 6.00. The van der Waals surface area contributed by atoms with Crippen LogP contribution in [-0.2, 0) is 0 Å². The first-order valence-electron chi connectivity index (χ1n) is 11.3. The predicted molar refractivity (Wildman–Crippen MR) is 115 cm³/mol. The molecule has 2 nitrogen and oxygen atoms in total. The number of aliphatic hydroxyl groups is 1. The Bertz CT molecular complexity index is 213. The van der Waals surface area contributed by atoms with Gasteiger partial charge in [0, 0.05) is 0 Å². The number of unbranched alkanes of at least 4 members (excludes halogenated alkanes) is 15. The van der Waals surface area contributed by atoms with Gasteiger partial charge in [-0.05, 0) is 34.5 Å². The van der Waals surface area contributed by atoms with Crippen molar-refractivity contribution in [1.29, 1.82) is 0 Å². The zero-order valence-electron chi connectivity index (χ0n) is 18.5. The molecule has 0 aliphatic rings. The van der Waals surface area contributed by atoms with Gasteiger partial charge in [-0.25, -0.2) is 0 Å². The van der Waals surface area contributed by atoms with Crippen LogP contribution in [0, 0.1) is 0 Å². The van der Waals surface area contributed by atoms with Crippen molar-refractivity contribution in [2.24, 2.45) is 0 Å². The van der Waals surface area contributed by atoms with Crippen LogP contribution in [0.25, 0.3) is 0 Å². The standard InChI is InChI=1S/C20H42O.C3H9N/c1-3-4-5-6-7-8-9-10-11-12-13-14-15-16-17-18-19-20(2)21;1-4(2)3/h20-21H,3-19H2,1-2H3;1-3H3. The van der Waals surface area contributed by atoms with Gasteiger partial charge in [0.05, 0.1) is 6.10 Å². The van der Waals surface area contributed by atoms with Gasteiger partial charge in [-0.1, -0.05) is 110 Å². The molecule has 1 atom stereocenters. The molecule has 0 heterocycles. The molecule has 2 heteroatoms. The highest BCUT2D eigenvalue weighted by molar-refractivity contribution is 4.51.